The van der Waals surface area contributed by atoms with E-state index in [9.17, 15) is 0 Å². The zero-order valence-electron chi connectivity index (χ0n) is 12.7. The number of aryl methyl sites for hydroxylation is 2. The molecule has 0 aliphatic rings. The van der Waals surface area contributed by atoms with E-state index in [1.165, 1.54) is 4.88 Å². The summed E-state index contributed by atoms with van der Waals surface area (Å²) in [5, 5.41) is 7.71. The maximum Gasteiger partial charge on any atom is 0.224 e. The van der Waals surface area contributed by atoms with E-state index in [0.717, 1.165) is 34.0 Å². The minimum Gasteiger partial charge on any atom is -0.362 e. The van der Waals surface area contributed by atoms with Crippen molar-refractivity contribution in [1.82, 2.24) is 15.0 Å². The molecule has 0 aliphatic carbocycles. The summed E-state index contributed by atoms with van der Waals surface area (Å²) in [5.74, 6) is 1.44. The summed E-state index contributed by atoms with van der Waals surface area (Å²) in [7, 11) is 0. The van der Waals surface area contributed by atoms with Crippen LogP contribution in [0.1, 0.15) is 41.9 Å². The number of hydrogen-bond donors (Lipinski definition) is 2. The van der Waals surface area contributed by atoms with Crippen molar-refractivity contribution in [3.63, 3.8) is 0 Å². The summed E-state index contributed by atoms with van der Waals surface area (Å²) in [4.78, 5) is 14.5. The Morgan fingerprint density at radius 2 is 2.10 bits per heavy atom. The molecule has 1 atom stereocenters. The van der Waals surface area contributed by atoms with Crippen molar-refractivity contribution in [2.24, 2.45) is 0 Å². The smallest absolute Gasteiger partial charge is 0.224 e. The Morgan fingerprint density at radius 3 is 2.71 bits per heavy atom. The second kappa shape index (κ2) is 7.17. The summed E-state index contributed by atoms with van der Waals surface area (Å²) in [6.45, 7) is 9.17. The van der Waals surface area contributed by atoms with E-state index in [1.54, 1.807) is 17.5 Å². The van der Waals surface area contributed by atoms with E-state index >= 15 is 0 Å². The van der Waals surface area contributed by atoms with Gasteiger partial charge in [-0.2, -0.15) is 4.98 Å². The van der Waals surface area contributed by atoms with Crippen LogP contribution in [0.3, 0.4) is 0 Å². The van der Waals surface area contributed by atoms with Crippen LogP contribution in [0.2, 0.25) is 0 Å². The van der Waals surface area contributed by atoms with Crippen LogP contribution < -0.4 is 10.6 Å². The Balaban J connectivity index is 2.16. The molecule has 0 saturated heterocycles. The lowest BCUT2D eigenvalue weighted by molar-refractivity contribution is 0.872. The number of nitrogens with one attached hydrogen (secondary N) is 2. The fourth-order valence-electron chi connectivity index (χ4n) is 2.01. The van der Waals surface area contributed by atoms with E-state index in [-0.39, 0.29) is 6.04 Å². The quantitative estimate of drug-likeness (QED) is 0.794. The van der Waals surface area contributed by atoms with Crippen LogP contribution in [0, 0.1) is 13.8 Å². The van der Waals surface area contributed by atoms with Gasteiger partial charge in [0.05, 0.1) is 21.2 Å². The number of aromatic nitrogens is 3. The van der Waals surface area contributed by atoms with E-state index in [1.807, 2.05) is 13.8 Å². The van der Waals surface area contributed by atoms with Crippen LogP contribution in [0.15, 0.2) is 10.7 Å². The van der Waals surface area contributed by atoms with Crippen molar-refractivity contribution in [2.75, 3.05) is 17.2 Å². The predicted molar refractivity (Wildman–Crippen MR) is 92.1 cm³/mol. The van der Waals surface area contributed by atoms with E-state index in [0.29, 0.717) is 5.95 Å². The van der Waals surface area contributed by atoms with Gasteiger partial charge in [0.25, 0.3) is 0 Å². The number of anilines is 2. The highest BCUT2D eigenvalue weighted by Crippen LogP contribution is 2.29. The first-order valence-electron chi connectivity index (χ1n) is 6.98. The zero-order chi connectivity index (χ0) is 15.4. The normalized spacial score (nSPS) is 12.2. The summed E-state index contributed by atoms with van der Waals surface area (Å²) < 4.78 is 0.857. The Labute approximate surface area is 137 Å². The van der Waals surface area contributed by atoms with E-state index < -0.39 is 0 Å². The topological polar surface area (TPSA) is 62.7 Å². The summed E-state index contributed by atoms with van der Waals surface area (Å²) >= 11 is 5.21. The third kappa shape index (κ3) is 4.14. The second-order valence-electron chi connectivity index (χ2n) is 4.87. The fraction of sp³-hybridized carbons (Fsp3) is 0.500. The van der Waals surface area contributed by atoms with Gasteiger partial charge < -0.3 is 10.6 Å². The van der Waals surface area contributed by atoms with Crippen molar-refractivity contribution >= 4 is 39.0 Å². The summed E-state index contributed by atoms with van der Waals surface area (Å²) in [6.07, 6.45) is 2.81. The molecular weight excluding hydrogens is 350 g/mol. The van der Waals surface area contributed by atoms with Crippen molar-refractivity contribution < 1.29 is 0 Å². The van der Waals surface area contributed by atoms with Gasteiger partial charge in [-0.25, -0.2) is 9.97 Å². The van der Waals surface area contributed by atoms with Gasteiger partial charge in [-0.05, 0) is 43.1 Å². The monoisotopic (exact) mass is 369 g/mol. The SMILES string of the molecule is CCCNc1ncc(Br)c(NC(C)c2sc(C)nc2C)n1. The van der Waals surface area contributed by atoms with Crippen molar-refractivity contribution in [3.05, 3.63) is 26.2 Å². The number of nitrogens with zero attached hydrogens (tertiary/aromatic N) is 3. The first-order valence-corrected chi connectivity index (χ1v) is 8.59. The van der Waals surface area contributed by atoms with Gasteiger partial charge >= 0.3 is 0 Å². The van der Waals surface area contributed by atoms with Crippen LogP contribution in [-0.4, -0.2) is 21.5 Å². The Kier molecular flexibility index (Phi) is 5.52. The molecule has 7 heteroatoms. The second-order valence-corrected chi connectivity index (χ2v) is 6.95. The molecule has 2 aromatic heterocycles. The number of halogens is 1. The average molecular weight is 370 g/mol. The number of hydrogen-bond acceptors (Lipinski definition) is 6. The molecule has 0 spiro atoms. The molecule has 2 aromatic rings. The van der Waals surface area contributed by atoms with Crippen molar-refractivity contribution in [1.29, 1.82) is 0 Å². The molecule has 0 amide bonds. The van der Waals surface area contributed by atoms with Gasteiger partial charge in [0.2, 0.25) is 5.95 Å². The predicted octanol–water partition coefficient (Wildman–Crippen LogP) is 4.31. The molecule has 114 valence electrons. The largest absolute Gasteiger partial charge is 0.362 e. The van der Waals surface area contributed by atoms with Gasteiger partial charge in [0, 0.05) is 17.6 Å². The minimum atomic E-state index is 0.154. The molecular formula is C14H20BrN5S. The first-order chi connectivity index (χ1) is 10.0. The highest BCUT2D eigenvalue weighted by molar-refractivity contribution is 9.10. The molecule has 0 bridgehead atoms. The molecule has 0 aliphatic heterocycles. The van der Waals surface area contributed by atoms with E-state index in [4.69, 9.17) is 0 Å². The van der Waals surface area contributed by atoms with Crippen LogP contribution in [0.4, 0.5) is 11.8 Å². The molecule has 0 fully saturated rings. The molecule has 0 radical (unpaired) electrons. The van der Waals surface area contributed by atoms with Gasteiger partial charge in [-0.15, -0.1) is 11.3 Å². The molecule has 0 aromatic carbocycles. The first kappa shape index (κ1) is 16.2. The zero-order valence-corrected chi connectivity index (χ0v) is 15.1. The lowest BCUT2D eigenvalue weighted by Gasteiger charge is -2.15. The summed E-state index contributed by atoms with van der Waals surface area (Å²) in [6, 6.07) is 0.154. The van der Waals surface area contributed by atoms with Crippen LogP contribution in [0.5, 0.6) is 0 Å². The Morgan fingerprint density at radius 1 is 1.33 bits per heavy atom. The summed E-state index contributed by atoms with van der Waals surface area (Å²) in [5.41, 5.74) is 1.08. The highest BCUT2D eigenvalue weighted by Gasteiger charge is 2.15. The van der Waals surface area contributed by atoms with Crippen LogP contribution >= 0.6 is 27.3 Å². The van der Waals surface area contributed by atoms with Crippen molar-refractivity contribution in [3.8, 4) is 0 Å². The van der Waals surface area contributed by atoms with Gasteiger partial charge in [0.15, 0.2) is 0 Å². The highest BCUT2D eigenvalue weighted by atomic mass is 79.9. The third-order valence-electron chi connectivity index (χ3n) is 2.96. The molecule has 2 heterocycles. The third-order valence-corrected chi connectivity index (χ3v) is 4.80. The molecule has 2 N–H and O–H groups in total. The van der Waals surface area contributed by atoms with E-state index in [2.05, 4.69) is 55.4 Å². The standard InChI is InChI=1S/C14H20BrN5S/c1-5-6-16-14-17-7-11(15)13(20-14)19-9(3)12-8(2)18-10(4)21-12/h7,9H,5-6H2,1-4H3,(H2,16,17,19,20). The van der Waals surface area contributed by atoms with Crippen LogP contribution in [0.25, 0.3) is 0 Å². The minimum absolute atomic E-state index is 0.154. The van der Waals surface area contributed by atoms with Gasteiger partial charge in [-0.1, -0.05) is 6.92 Å². The lowest BCUT2D eigenvalue weighted by atomic mass is 10.2. The molecule has 21 heavy (non-hydrogen) atoms. The molecule has 2 rings (SSSR count). The maximum atomic E-state index is 4.52. The fourth-order valence-corrected chi connectivity index (χ4v) is 3.25. The average Bonchev–Trinajstić information content (AvgIpc) is 2.78. The Bertz CT molecular complexity index is 613. The van der Waals surface area contributed by atoms with Gasteiger partial charge in [0.1, 0.15) is 5.82 Å². The molecule has 1 unspecified atom stereocenters. The number of thiazole rings is 1. The van der Waals surface area contributed by atoms with Gasteiger partial charge in [-0.3, -0.25) is 0 Å². The van der Waals surface area contributed by atoms with Crippen molar-refractivity contribution in [2.45, 2.75) is 40.2 Å². The number of rotatable bonds is 6. The maximum absolute atomic E-state index is 4.52. The molecule has 0 saturated carbocycles. The molecule has 5 nitrogen and oxygen atoms in total. The Hall–Kier alpha value is -1.21. The van der Waals surface area contributed by atoms with Crippen LogP contribution in [-0.2, 0) is 0 Å². The lowest BCUT2D eigenvalue weighted by Crippen LogP contribution is -2.11.